The van der Waals surface area contributed by atoms with Gasteiger partial charge in [-0.05, 0) is 6.92 Å². The van der Waals surface area contributed by atoms with Crippen molar-refractivity contribution in [2.24, 2.45) is 5.73 Å². The van der Waals surface area contributed by atoms with E-state index < -0.39 is 42.3 Å². The number of carbonyl (C=O) groups is 4. The molecule has 2 atom stereocenters. The first kappa shape index (κ1) is 13.1. The molecule has 3 amide bonds. The van der Waals surface area contributed by atoms with Crippen LogP contribution >= 0.6 is 0 Å². The molecular weight excluding hydrogens is 230 g/mol. The molecule has 0 unspecified atom stereocenters. The summed E-state index contributed by atoms with van der Waals surface area (Å²) in [5, 5.41) is 10.8. The summed E-state index contributed by atoms with van der Waals surface area (Å²) in [5.41, 5.74) is 5.29. The van der Waals surface area contributed by atoms with Crippen molar-refractivity contribution in [1.82, 2.24) is 10.2 Å². The molecule has 0 radical (unpaired) electrons. The maximum absolute atomic E-state index is 11.6. The lowest BCUT2D eigenvalue weighted by Gasteiger charge is -2.14. The summed E-state index contributed by atoms with van der Waals surface area (Å²) in [7, 11) is 0. The van der Waals surface area contributed by atoms with Crippen molar-refractivity contribution in [3.05, 3.63) is 0 Å². The molecular formula is C9H13N3O5. The highest BCUT2D eigenvalue weighted by molar-refractivity contribution is 6.08. The van der Waals surface area contributed by atoms with Gasteiger partial charge in [-0.1, -0.05) is 0 Å². The average Bonchev–Trinajstić information content (AvgIpc) is 2.45. The second-order valence-corrected chi connectivity index (χ2v) is 3.77. The summed E-state index contributed by atoms with van der Waals surface area (Å²) < 4.78 is 0. The van der Waals surface area contributed by atoms with Gasteiger partial charge in [0.25, 0.3) is 5.91 Å². The second kappa shape index (κ2) is 4.91. The number of aliphatic carboxylic acids is 1. The third-order valence-electron chi connectivity index (χ3n) is 2.27. The Morgan fingerprint density at radius 1 is 1.59 bits per heavy atom. The first-order valence-electron chi connectivity index (χ1n) is 4.95. The molecule has 1 aliphatic heterocycles. The zero-order chi connectivity index (χ0) is 13.2. The van der Waals surface area contributed by atoms with Crippen LogP contribution in [0.25, 0.3) is 0 Å². The highest BCUT2D eigenvalue weighted by atomic mass is 16.4. The molecule has 0 spiro atoms. The Labute approximate surface area is 96.7 Å². The quantitative estimate of drug-likeness (QED) is 0.474. The largest absolute Gasteiger partial charge is 0.480 e. The summed E-state index contributed by atoms with van der Waals surface area (Å²) in [5.74, 6) is -3.18. The van der Waals surface area contributed by atoms with Gasteiger partial charge in [0.15, 0.2) is 0 Å². The van der Waals surface area contributed by atoms with E-state index in [0.29, 0.717) is 4.90 Å². The predicted octanol–water partition coefficient (Wildman–Crippen LogP) is -2.34. The topological polar surface area (TPSA) is 130 Å². The number of hydrogen-bond donors (Lipinski definition) is 3. The Balaban J connectivity index is 2.68. The van der Waals surface area contributed by atoms with Crippen molar-refractivity contribution in [3.8, 4) is 0 Å². The molecule has 1 fully saturated rings. The molecule has 0 aliphatic carbocycles. The molecule has 0 bridgehead atoms. The van der Waals surface area contributed by atoms with Gasteiger partial charge in [-0.2, -0.15) is 0 Å². The van der Waals surface area contributed by atoms with Gasteiger partial charge in [0.2, 0.25) is 11.8 Å². The van der Waals surface area contributed by atoms with Gasteiger partial charge in [-0.15, -0.1) is 0 Å². The van der Waals surface area contributed by atoms with Crippen LogP contribution < -0.4 is 11.1 Å². The van der Waals surface area contributed by atoms with Gasteiger partial charge in [0, 0.05) is 0 Å². The van der Waals surface area contributed by atoms with Crippen molar-refractivity contribution in [3.63, 3.8) is 0 Å². The molecule has 0 aromatic rings. The number of carboxylic acid groups (broad SMARTS) is 1. The van der Waals surface area contributed by atoms with Crippen LogP contribution in [0.4, 0.5) is 0 Å². The Kier molecular flexibility index (Phi) is 3.79. The monoisotopic (exact) mass is 243 g/mol. The predicted molar refractivity (Wildman–Crippen MR) is 54.6 cm³/mol. The summed E-state index contributed by atoms with van der Waals surface area (Å²) >= 11 is 0. The van der Waals surface area contributed by atoms with Crippen molar-refractivity contribution in [2.75, 3.05) is 6.54 Å². The lowest BCUT2D eigenvalue weighted by molar-refractivity contribution is -0.148. The van der Waals surface area contributed by atoms with Crippen LogP contribution in [-0.2, 0) is 19.2 Å². The van der Waals surface area contributed by atoms with E-state index in [2.05, 4.69) is 5.32 Å². The Morgan fingerprint density at radius 3 is 2.65 bits per heavy atom. The molecule has 1 heterocycles. The first-order chi connectivity index (χ1) is 7.82. The number of imide groups is 1. The molecule has 8 nitrogen and oxygen atoms in total. The van der Waals surface area contributed by atoms with Crippen LogP contribution in [0.5, 0.6) is 0 Å². The van der Waals surface area contributed by atoms with E-state index in [9.17, 15) is 19.2 Å². The van der Waals surface area contributed by atoms with E-state index in [0.717, 1.165) is 0 Å². The molecule has 1 saturated heterocycles. The molecule has 4 N–H and O–H groups in total. The molecule has 17 heavy (non-hydrogen) atoms. The SMILES string of the molecule is C[C@H](N)C(=O)N[C@H]1CC(=O)N(CC(=O)O)C1=O. The fourth-order valence-corrected chi connectivity index (χ4v) is 1.40. The van der Waals surface area contributed by atoms with Crippen LogP contribution in [-0.4, -0.2) is 52.3 Å². The highest BCUT2D eigenvalue weighted by Crippen LogP contribution is 2.12. The van der Waals surface area contributed by atoms with Crippen LogP contribution in [0.3, 0.4) is 0 Å². The second-order valence-electron chi connectivity index (χ2n) is 3.77. The van der Waals surface area contributed by atoms with E-state index in [-0.39, 0.29) is 6.42 Å². The number of hydrogen-bond acceptors (Lipinski definition) is 5. The van der Waals surface area contributed by atoms with E-state index in [1.807, 2.05) is 0 Å². The smallest absolute Gasteiger partial charge is 0.323 e. The highest BCUT2D eigenvalue weighted by Gasteiger charge is 2.40. The van der Waals surface area contributed by atoms with Gasteiger partial charge in [0.1, 0.15) is 12.6 Å². The zero-order valence-corrected chi connectivity index (χ0v) is 9.17. The normalized spacial score (nSPS) is 21.5. The molecule has 0 aromatic carbocycles. The minimum absolute atomic E-state index is 0.232. The lowest BCUT2D eigenvalue weighted by Crippen LogP contribution is -2.47. The molecule has 94 valence electrons. The minimum atomic E-state index is -1.29. The third-order valence-corrected chi connectivity index (χ3v) is 2.27. The number of amides is 3. The number of likely N-dealkylation sites (tertiary alicyclic amines) is 1. The van der Waals surface area contributed by atoms with Gasteiger partial charge in [-0.25, -0.2) is 0 Å². The molecule has 0 aromatic heterocycles. The number of nitrogens with one attached hydrogen (secondary N) is 1. The molecule has 1 rings (SSSR count). The first-order valence-corrected chi connectivity index (χ1v) is 4.95. The average molecular weight is 243 g/mol. The van der Waals surface area contributed by atoms with E-state index in [1.165, 1.54) is 6.92 Å². The number of rotatable bonds is 4. The van der Waals surface area contributed by atoms with E-state index in [1.54, 1.807) is 0 Å². The van der Waals surface area contributed by atoms with Crippen molar-refractivity contribution in [1.29, 1.82) is 0 Å². The van der Waals surface area contributed by atoms with Crippen molar-refractivity contribution in [2.45, 2.75) is 25.4 Å². The van der Waals surface area contributed by atoms with Crippen LogP contribution in [0, 0.1) is 0 Å². The van der Waals surface area contributed by atoms with Crippen LogP contribution in [0.15, 0.2) is 0 Å². The van der Waals surface area contributed by atoms with Crippen LogP contribution in [0.1, 0.15) is 13.3 Å². The molecule has 8 heteroatoms. The van der Waals surface area contributed by atoms with E-state index in [4.69, 9.17) is 10.8 Å². The third kappa shape index (κ3) is 3.00. The fourth-order valence-electron chi connectivity index (χ4n) is 1.40. The number of nitrogens with zero attached hydrogens (tertiary/aromatic N) is 1. The van der Waals surface area contributed by atoms with Crippen LogP contribution in [0.2, 0.25) is 0 Å². The van der Waals surface area contributed by atoms with Gasteiger partial charge in [-0.3, -0.25) is 24.1 Å². The summed E-state index contributed by atoms with van der Waals surface area (Å²) in [6.45, 7) is 0.744. The summed E-state index contributed by atoms with van der Waals surface area (Å²) in [6, 6.07) is -1.81. The number of carbonyl (C=O) groups excluding carboxylic acids is 3. The fraction of sp³-hybridized carbons (Fsp3) is 0.556. The van der Waals surface area contributed by atoms with Crippen molar-refractivity contribution < 1.29 is 24.3 Å². The maximum Gasteiger partial charge on any atom is 0.323 e. The standard InChI is InChI=1S/C9H13N3O5/c1-4(10)8(16)11-5-2-6(13)12(9(5)17)3-7(14)15/h4-5H,2-3,10H2,1H3,(H,11,16)(H,14,15)/t4-,5-/m0/s1. The Morgan fingerprint density at radius 2 is 2.18 bits per heavy atom. The Hall–Kier alpha value is -1.96. The van der Waals surface area contributed by atoms with Crippen molar-refractivity contribution >= 4 is 23.7 Å². The number of nitrogens with two attached hydrogens (primary N) is 1. The lowest BCUT2D eigenvalue weighted by atomic mass is 10.2. The zero-order valence-electron chi connectivity index (χ0n) is 9.17. The maximum atomic E-state index is 11.6. The molecule has 0 saturated carbocycles. The number of carboxylic acids is 1. The molecule has 1 aliphatic rings. The van der Waals surface area contributed by atoms with Gasteiger partial charge < -0.3 is 16.2 Å². The summed E-state index contributed by atoms with van der Waals surface area (Å²) in [6.07, 6.45) is -0.232. The van der Waals surface area contributed by atoms with E-state index >= 15 is 0 Å². The van der Waals surface area contributed by atoms with Gasteiger partial charge in [0.05, 0.1) is 12.5 Å². The van der Waals surface area contributed by atoms with Gasteiger partial charge >= 0.3 is 5.97 Å². The minimum Gasteiger partial charge on any atom is -0.480 e. The Bertz CT molecular complexity index is 379. The summed E-state index contributed by atoms with van der Waals surface area (Å²) in [4.78, 5) is 45.2.